The van der Waals surface area contributed by atoms with Gasteiger partial charge in [-0.05, 0) is 113 Å². The first-order chi connectivity index (χ1) is 33.3. The van der Waals surface area contributed by atoms with Gasteiger partial charge < -0.3 is 28.6 Å². The Kier molecular flexibility index (Phi) is 16.5. The minimum Gasteiger partial charge on any atom is -0.489 e. The smallest absolute Gasteiger partial charge is 0.337 e. The lowest BCUT2D eigenvalue weighted by molar-refractivity contribution is -0.160. The molecular formula is C57H70F2N4O6Si. The number of anilines is 1. The van der Waals surface area contributed by atoms with Crippen LogP contribution in [-0.4, -0.2) is 71.0 Å². The summed E-state index contributed by atoms with van der Waals surface area (Å²) in [4.78, 5) is 20.1. The van der Waals surface area contributed by atoms with Crippen LogP contribution in [0, 0.1) is 18.6 Å². The fourth-order valence-corrected chi connectivity index (χ4v) is 14.3. The minimum atomic E-state index is -2.66. The molecule has 13 heteroatoms. The van der Waals surface area contributed by atoms with Gasteiger partial charge in [0.15, 0.2) is 23.4 Å². The Balaban J connectivity index is 1.05. The number of piperidine rings is 1. The van der Waals surface area contributed by atoms with Crippen molar-refractivity contribution < 1.29 is 37.3 Å². The Bertz CT molecular complexity index is 2670. The molecule has 0 amide bonds. The van der Waals surface area contributed by atoms with E-state index < -0.39 is 37.6 Å². The monoisotopic (exact) mass is 973 g/mol. The summed E-state index contributed by atoms with van der Waals surface area (Å²) in [6.07, 6.45) is 6.76. The highest BCUT2D eigenvalue weighted by Crippen LogP contribution is 2.40. The van der Waals surface area contributed by atoms with Crippen LogP contribution in [0.15, 0.2) is 115 Å². The van der Waals surface area contributed by atoms with E-state index in [1.54, 1.807) is 17.5 Å². The average Bonchev–Trinajstić information content (AvgIpc) is 3.72. The molecular weight excluding hydrogens is 903 g/mol. The largest absolute Gasteiger partial charge is 0.489 e. The van der Waals surface area contributed by atoms with Crippen LogP contribution < -0.4 is 20.0 Å². The summed E-state index contributed by atoms with van der Waals surface area (Å²) in [7, 11) is -2.66. The molecule has 6 aromatic rings. The Labute approximate surface area is 413 Å². The van der Waals surface area contributed by atoms with E-state index in [-0.39, 0.29) is 35.5 Å². The second kappa shape index (κ2) is 22.1. The zero-order valence-electron chi connectivity index (χ0n) is 42.3. The number of aromatic nitrogens is 3. The number of carboxylic acids is 1. The predicted octanol–water partition coefficient (Wildman–Crippen LogP) is 11.6. The van der Waals surface area contributed by atoms with Crippen LogP contribution in [0.25, 0.3) is 11.7 Å². The molecule has 1 aliphatic rings. The van der Waals surface area contributed by atoms with Crippen LogP contribution >= 0.6 is 0 Å². The number of nitrogens with zero attached hydrogens (tertiary/aromatic N) is 4. The molecule has 2 unspecified atom stereocenters. The van der Waals surface area contributed by atoms with Crippen LogP contribution in [0.4, 0.5) is 14.6 Å². The van der Waals surface area contributed by atoms with Crippen molar-refractivity contribution in [2.75, 3.05) is 24.6 Å². The molecule has 1 fully saturated rings. The van der Waals surface area contributed by atoms with E-state index in [1.165, 1.54) is 10.4 Å². The molecule has 2 aromatic heterocycles. The summed E-state index contributed by atoms with van der Waals surface area (Å²) in [6, 6.07) is 35.1. The second-order valence-corrected chi connectivity index (χ2v) is 25.1. The first kappa shape index (κ1) is 52.1. The molecule has 1 saturated heterocycles. The van der Waals surface area contributed by atoms with Crippen LogP contribution in [0.1, 0.15) is 122 Å². The quantitative estimate of drug-likeness (QED) is 0.0591. The van der Waals surface area contributed by atoms with Gasteiger partial charge in [0, 0.05) is 49.2 Å². The van der Waals surface area contributed by atoms with Crippen molar-refractivity contribution in [3.8, 4) is 5.75 Å². The summed E-state index contributed by atoms with van der Waals surface area (Å²) in [6.45, 7) is 20.6. The second-order valence-electron chi connectivity index (χ2n) is 20.8. The van der Waals surface area contributed by atoms with E-state index in [4.69, 9.17) is 28.7 Å². The van der Waals surface area contributed by atoms with Crippen LogP contribution in [0.2, 0.25) is 5.04 Å². The third kappa shape index (κ3) is 12.4. The van der Waals surface area contributed by atoms with Crippen molar-refractivity contribution in [3.05, 3.63) is 155 Å². The molecule has 1 aliphatic heterocycles. The molecule has 0 saturated carbocycles. The zero-order valence-corrected chi connectivity index (χ0v) is 43.3. The van der Waals surface area contributed by atoms with Gasteiger partial charge in [-0.1, -0.05) is 118 Å². The normalized spacial score (nSPS) is 15.4. The molecule has 0 aliphatic carbocycles. The summed E-state index contributed by atoms with van der Waals surface area (Å²) >= 11 is 0. The highest BCUT2D eigenvalue weighted by Gasteiger charge is 2.51. The van der Waals surface area contributed by atoms with E-state index in [0.29, 0.717) is 66.5 Å². The van der Waals surface area contributed by atoms with Gasteiger partial charge in [-0.3, -0.25) is 0 Å². The minimum absolute atomic E-state index is 0.0483. The molecule has 4 aromatic carbocycles. The van der Waals surface area contributed by atoms with Gasteiger partial charge in [0.1, 0.15) is 18.2 Å². The zero-order chi connectivity index (χ0) is 50.3. The molecule has 0 bridgehead atoms. The summed E-state index contributed by atoms with van der Waals surface area (Å²) in [5, 5.41) is 18.1. The molecule has 3 heterocycles. The van der Waals surface area contributed by atoms with E-state index >= 15 is 0 Å². The topological polar surface area (TPSA) is 108 Å². The van der Waals surface area contributed by atoms with Crippen molar-refractivity contribution in [1.82, 2.24) is 14.6 Å². The fraction of sp³-hybridized carbons (Fsp3) is 0.421. The Morgan fingerprint density at radius 3 is 2.06 bits per heavy atom. The Hall–Kier alpha value is -5.73. The predicted molar refractivity (Wildman–Crippen MR) is 277 cm³/mol. The number of hydrogen-bond acceptors (Lipinski definition) is 8. The first-order valence-electron chi connectivity index (χ1n) is 24.6. The average molecular weight is 973 g/mol. The van der Waals surface area contributed by atoms with Gasteiger partial charge in [-0.25, -0.2) is 18.6 Å². The van der Waals surface area contributed by atoms with Crippen molar-refractivity contribution in [2.45, 2.75) is 136 Å². The third-order valence-corrected chi connectivity index (χ3v) is 18.3. The Morgan fingerprint density at radius 2 is 1.47 bits per heavy atom. The van der Waals surface area contributed by atoms with Gasteiger partial charge in [0.2, 0.25) is 0 Å². The highest BCUT2D eigenvalue weighted by atomic mass is 28.4. The SMILES string of the molecule is Cc1nc2cc(C=CCc3cc(F)c(F)cc3OCc3ccccc3)nn2c(N2CCC(C)(OCCCCC(C)O[Si](c3ccccc3)(c3ccccc3)C(C)(C)C)CC2)c1C(OC(C)(C)C)C(=O)O. The van der Waals surface area contributed by atoms with Crippen LogP contribution in [-0.2, 0) is 31.7 Å². The number of allylic oxidation sites excluding steroid dienone is 1. The van der Waals surface area contributed by atoms with Gasteiger partial charge in [-0.2, -0.15) is 9.61 Å². The van der Waals surface area contributed by atoms with Gasteiger partial charge in [0.25, 0.3) is 8.32 Å². The molecule has 1 N–H and O–H groups in total. The number of unbranched alkanes of at least 4 members (excludes halogenated alkanes) is 1. The first-order valence-corrected chi connectivity index (χ1v) is 26.5. The maximum atomic E-state index is 14.5. The molecule has 10 nitrogen and oxygen atoms in total. The van der Waals surface area contributed by atoms with E-state index in [2.05, 4.69) is 100 Å². The lowest BCUT2D eigenvalue weighted by Gasteiger charge is -2.44. The standard InChI is InChI=1S/C57H70F2N4O6Si/c1-40(69-70(56(6,7)8,45-27-15-11-16-28-45)46-29-17-12-18-30-46)22-19-20-35-67-57(9)31-33-62(34-32-57)53-51(52(54(64)65)68-55(3,4)5)41(2)60-50-37-44(61-63(50)53)26-21-25-43-36-47(58)48(59)38-49(43)66-39-42-23-13-10-14-24-42/h10-18,21,23-24,26-30,36-38,40,52H,19-20,22,25,31-35,39H2,1-9H3,(H,64,65). The van der Waals surface area contributed by atoms with Gasteiger partial charge in [0.05, 0.1) is 22.5 Å². The summed E-state index contributed by atoms with van der Waals surface area (Å²) in [5.74, 6) is -2.22. The van der Waals surface area contributed by atoms with Gasteiger partial charge in [-0.15, -0.1) is 0 Å². The highest BCUT2D eigenvalue weighted by molar-refractivity contribution is 6.99. The molecule has 2 atom stereocenters. The lowest BCUT2D eigenvalue weighted by Crippen LogP contribution is -2.67. The summed E-state index contributed by atoms with van der Waals surface area (Å²) < 4.78 is 56.8. The third-order valence-electron chi connectivity index (χ3n) is 13.1. The lowest BCUT2D eigenvalue weighted by atomic mass is 9.92. The number of aliphatic carboxylic acids is 1. The van der Waals surface area contributed by atoms with Crippen LogP contribution in [0.3, 0.4) is 0 Å². The van der Waals surface area contributed by atoms with Crippen molar-refractivity contribution in [1.29, 1.82) is 0 Å². The Morgan fingerprint density at radius 1 is 0.871 bits per heavy atom. The van der Waals surface area contributed by atoms with Crippen molar-refractivity contribution in [3.63, 3.8) is 0 Å². The number of halogens is 2. The maximum Gasteiger partial charge on any atom is 0.337 e. The number of carboxylic acid groups (broad SMARTS) is 1. The van der Waals surface area contributed by atoms with E-state index in [0.717, 1.165) is 37.0 Å². The number of benzene rings is 4. The summed E-state index contributed by atoms with van der Waals surface area (Å²) in [5.41, 5.74) is 2.27. The molecule has 70 heavy (non-hydrogen) atoms. The number of ether oxygens (including phenoxy) is 3. The van der Waals surface area contributed by atoms with Gasteiger partial charge >= 0.3 is 5.97 Å². The number of carbonyl (C=O) groups is 1. The van der Waals surface area contributed by atoms with E-state index in [9.17, 15) is 18.7 Å². The van der Waals surface area contributed by atoms with E-state index in [1.807, 2.05) is 63.2 Å². The molecule has 0 radical (unpaired) electrons. The van der Waals surface area contributed by atoms with Crippen LogP contribution in [0.5, 0.6) is 5.75 Å². The number of rotatable bonds is 20. The fourth-order valence-electron chi connectivity index (χ4n) is 9.56. The number of fused-ring (bicyclic) bond motifs is 1. The molecule has 7 rings (SSSR count). The van der Waals surface area contributed by atoms with Crippen molar-refractivity contribution in [2.24, 2.45) is 0 Å². The van der Waals surface area contributed by atoms with Crippen molar-refractivity contribution >= 4 is 42.2 Å². The molecule has 0 spiro atoms. The maximum absolute atomic E-state index is 14.5. The number of hydrogen-bond donors (Lipinski definition) is 1. The molecule has 372 valence electrons. The number of aryl methyl sites for hydroxylation is 1.